The van der Waals surface area contributed by atoms with Crippen LogP contribution >= 0.6 is 0 Å². The van der Waals surface area contributed by atoms with E-state index < -0.39 is 9.05 Å². The predicted octanol–water partition coefficient (Wildman–Crippen LogP) is -6.01. The molecule has 4 N–H and O–H groups in total. The average molecular weight is 232 g/mol. The molecule has 0 atom stereocenters. The molecule has 0 aliphatic rings. The van der Waals surface area contributed by atoms with Crippen molar-refractivity contribution in [1.82, 2.24) is 0 Å². The molecule has 0 heterocycles. The first kappa shape index (κ1) is 29.2. The van der Waals surface area contributed by atoms with E-state index in [0.29, 0.717) is 0 Å². The fourth-order valence-electron chi connectivity index (χ4n) is 0. The summed E-state index contributed by atoms with van der Waals surface area (Å²) >= 11 is 0. The van der Waals surface area contributed by atoms with Gasteiger partial charge < -0.3 is 19.2 Å². The molecule has 0 saturated heterocycles. The fourth-order valence-corrected chi connectivity index (χ4v) is 0. The van der Waals surface area contributed by atoms with Crippen LogP contribution in [0.25, 0.3) is 0 Å². The minimum atomic E-state index is -4.61. The molecule has 0 aromatic rings. The van der Waals surface area contributed by atoms with Crippen molar-refractivity contribution in [3.05, 3.63) is 0 Å². The van der Waals surface area contributed by atoms with Crippen LogP contribution in [-0.2, 0) is 0 Å². The Kier molecular flexibility index (Phi) is 48.6. The van der Waals surface area contributed by atoms with Gasteiger partial charge in [-0.2, -0.15) is 0 Å². The molecule has 0 amide bonds. The molecule has 4 nitrogen and oxygen atoms in total. The average Bonchev–Trinajstić information content (AvgIpc) is 0.722. The van der Waals surface area contributed by atoms with Crippen molar-refractivity contribution in [3.63, 3.8) is 0 Å². The molecule has 0 aromatic heterocycles. The van der Waals surface area contributed by atoms with Crippen LogP contribution in [0.5, 0.6) is 0 Å². The van der Waals surface area contributed by atoms with Crippen molar-refractivity contribution in [2.75, 3.05) is 0 Å². The first-order valence-electron chi connectivity index (χ1n) is 0.894. The quantitative estimate of drug-likeness (QED) is 0.314. The Morgan fingerprint density at radius 3 is 0.889 bits per heavy atom. The van der Waals surface area contributed by atoms with E-state index in [1.165, 1.54) is 0 Å². The van der Waals surface area contributed by atoms with Gasteiger partial charge in [0.25, 0.3) is 0 Å². The zero-order chi connectivity index (χ0) is 4.50. The summed E-state index contributed by atoms with van der Waals surface area (Å²) in [5.41, 5.74) is 0. The van der Waals surface area contributed by atoms with Crippen molar-refractivity contribution in [3.8, 4) is 0 Å². The molecule has 0 bridgehead atoms. The van der Waals surface area contributed by atoms with Crippen LogP contribution in [0.3, 0.4) is 0 Å². The molecule has 0 unspecified atom stereocenters. The molecule has 46 valence electrons. The Balaban J connectivity index is -0.0000000133. The normalized spacial score (nSPS) is 6.67. The van der Waals surface area contributed by atoms with Gasteiger partial charge in [0.1, 0.15) is 0 Å². The number of hydrogen-bond donors (Lipinski definition) is 4. The second-order valence-electron chi connectivity index (χ2n) is 0.600. The Morgan fingerprint density at radius 2 is 0.889 bits per heavy atom. The second kappa shape index (κ2) is 15.0. The fraction of sp³-hybridized carbons (Fsp3) is 0. The van der Waals surface area contributed by atoms with E-state index in [2.05, 4.69) is 0 Å². The third kappa shape index (κ3) is 68.2. The van der Waals surface area contributed by atoms with Gasteiger partial charge in [0.05, 0.1) is 0 Å². The molecule has 9 heteroatoms. The molecule has 0 spiro atoms. The molecule has 0 aromatic carbocycles. The third-order valence-electron chi connectivity index (χ3n) is 0. The Bertz CT molecular complexity index is 36.0. The van der Waals surface area contributed by atoms with Gasteiger partial charge in [0, 0.05) is 0 Å². The standard InChI is InChI=1S/Al.Ca.K.Na.H4O4Si.7H/c;;;;1-5(2,3)4;;;;;;;/h;;;;1-4H;;;;;;;. The topological polar surface area (TPSA) is 80.9 Å². The Morgan fingerprint density at radius 1 is 0.889 bits per heavy atom. The molecule has 0 aliphatic heterocycles. The summed E-state index contributed by atoms with van der Waals surface area (Å²) in [6, 6.07) is 0. The van der Waals surface area contributed by atoms with Crippen molar-refractivity contribution in [2.24, 2.45) is 0 Å². The van der Waals surface area contributed by atoms with E-state index in [1.54, 1.807) is 0 Å². The summed E-state index contributed by atoms with van der Waals surface area (Å²) in [6.45, 7) is 0. The summed E-state index contributed by atoms with van der Waals surface area (Å²) in [5.74, 6) is 0. The third-order valence-corrected chi connectivity index (χ3v) is 0. The van der Waals surface area contributed by atoms with E-state index in [0.717, 1.165) is 0 Å². The monoisotopic (exact) mass is 232 g/mol. The molecule has 0 radical (unpaired) electrons. The predicted molar refractivity (Wildman–Crippen MR) is 47.4 cm³/mol. The van der Waals surface area contributed by atoms with Gasteiger partial charge in [-0.25, -0.2) is 0 Å². The summed E-state index contributed by atoms with van der Waals surface area (Å²) in [7, 11) is -4.61. The van der Waals surface area contributed by atoms with Crippen molar-refractivity contribution >= 4 is 145 Å². The zero-order valence-electron chi connectivity index (χ0n) is 2.29. The van der Waals surface area contributed by atoms with Gasteiger partial charge in [0.15, 0.2) is 17.4 Å². The van der Waals surface area contributed by atoms with Gasteiger partial charge >= 0.3 is 128 Å². The molecule has 0 rings (SSSR count). The van der Waals surface area contributed by atoms with Gasteiger partial charge in [-0.1, -0.05) is 0 Å². The number of rotatable bonds is 0. The molecular weight excluding hydrogens is 221 g/mol. The molecular formula is H11AlCaKNaO4Si. The van der Waals surface area contributed by atoms with Crippen molar-refractivity contribution < 1.29 is 19.2 Å². The van der Waals surface area contributed by atoms with Crippen LogP contribution in [0, 0.1) is 0 Å². The van der Waals surface area contributed by atoms with Crippen LogP contribution in [-0.4, -0.2) is 164 Å². The summed E-state index contributed by atoms with van der Waals surface area (Å²) < 4.78 is 0. The Labute approximate surface area is 160 Å². The van der Waals surface area contributed by atoms with Crippen molar-refractivity contribution in [2.45, 2.75) is 0 Å². The van der Waals surface area contributed by atoms with Gasteiger partial charge in [0.2, 0.25) is 0 Å². The summed E-state index contributed by atoms with van der Waals surface area (Å²) in [5, 5.41) is 0. The first-order chi connectivity index (χ1) is 2.00. The molecule has 0 saturated carbocycles. The second-order valence-corrected chi connectivity index (χ2v) is 1.80. The maximum absolute atomic E-state index is 7.33. The van der Waals surface area contributed by atoms with Crippen LogP contribution in [0.4, 0.5) is 0 Å². The van der Waals surface area contributed by atoms with Gasteiger partial charge in [-0.3, -0.25) is 0 Å². The van der Waals surface area contributed by atoms with Gasteiger partial charge in [-0.05, 0) is 0 Å². The van der Waals surface area contributed by atoms with E-state index in [9.17, 15) is 0 Å². The molecule has 0 aliphatic carbocycles. The van der Waals surface area contributed by atoms with E-state index in [4.69, 9.17) is 19.2 Å². The summed E-state index contributed by atoms with van der Waals surface area (Å²) in [6.07, 6.45) is 0. The van der Waals surface area contributed by atoms with Gasteiger partial charge in [-0.15, -0.1) is 0 Å². The van der Waals surface area contributed by atoms with Crippen molar-refractivity contribution in [1.29, 1.82) is 0 Å². The van der Waals surface area contributed by atoms with E-state index in [1.807, 2.05) is 0 Å². The number of hydrogen-bond acceptors (Lipinski definition) is 4. The molecule has 0 fully saturated rings. The minimum absolute atomic E-state index is 0. The van der Waals surface area contributed by atoms with E-state index >= 15 is 0 Å². The zero-order valence-corrected chi connectivity index (χ0v) is 3.29. The SMILES string of the molecule is O[Si](O)(O)O.[AlH3].[CaH2].[KH].[NaH]. The van der Waals surface area contributed by atoms with E-state index in [-0.39, 0.29) is 136 Å². The maximum atomic E-state index is 7.33. The van der Waals surface area contributed by atoms with Crippen LogP contribution < -0.4 is 0 Å². The van der Waals surface area contributed by atoms with Crippen LogP contribution in [0.15, 0.2) is 0 Å². The first-order valence-corrected chi connectivity index (χ1v) is 2.68. The Hall–Kier alpha value is 4.49. The van der Waals surface area contributed by atoms with Crippen LogP contribution in [0.1, 0.15) is 0 Å². The molecule has 9 heavy (non-hydrogen) atoms. The summed E-state index contributed by atoms with van der Waals surface area (Å²) in [4.78, 5) is 29.3. The van der Waals surface area contributed by atoms with Crippen LogP contribution in [0.2, 0.25) is 0 Å².